The molecule has 4 nitrogen and oxygen atoms in total. The summed E-state index contributed by atoms with van der Waals surface area (Å²) >= 11 is 3.34. The van der Waals surface area contributed by atoms with Gasteiger partial charge in [-0.2, -0.15) is 0 Å². The second kappa shape index (κ2) is 7.29. The number of rotatable bonds is 7. The second-order valence-electron chi connectivity index (χ2n) is 3.18. The minimum absolute atomic E-state index is 0.199. The van der Waals surface area contributed by atoms with E-state index in [0.29, 0.717) is 0 Å². The largest absolute Gasteiger partial charge is 0.475 e. The minimum Gasteiger partial charge on any atom is -0.287 e. The first kappa shape index (κ1) is 14.9. The van der Waals surface area contributed by atoms with E-state index >= 15 is 0 Å². The third-order valence-corrected chi connectivity index (χ3v) is 4.00. The van der Waals surface area contributed by atoms with Gasteiger partial charge in [-0.3, -0.25) is 13.6 Å². The summed E-state index contributed by atoms with van der Waals surface area (Å²) in [4.78, 5) is 0. The standard InChI is InChI=1S/C11H16BrO4P/c1-3-14-17(13,15-4-2)16-9-10-5-7-11(12)8-6-10/h5-8H,3-4,9H2,1-2H3. The lowest BCUT2D eigenvalue weighted by Gasteiger charge is -2.16. The maximum atomic E-state index is 12.0. The van der Waals surface area contributed by atoms with Gasteiger partial charge < -0.3 is 0 Å². The summed E-state index contributed by atoms with van der Waals surface area (Å²) in [7, 11) is -3.41. The molecule has 0 radical (unpaired) electrons. The molecule has 0 fully saturated rings. The maximum Gasteiger partial charge on any atom is 0.475 e. The Morgan fingerprint density at radius 1 is 1.06 bits per heavy atom. The van der Waals surface area contributed by atoms with Crippen LogP contribution in [0.1, 0.15) is 19.4 Å². The summed E-state index contributed by atoms with van der Waals surface area (Å²) in [5.41, 5.74) is 0.910. The van der Waals surface area contributed by atoms with Crippen molar-refractivity contribution >= 4 is 23.8 Å². The van der Waals surface area contributed by atoms with Crippen LogP contribution >= 0.6 is 23.8 Å². The van der Waals surface area contributed by atoms with Crippen molar-refractivity contribution < 1.29 is 18.1 Å². The van der Waals surface area contributed by atoms with E-state index in [1.807, 2.05) is 24.3 Å². The van der Waals surface area contributed by atoms with Crippen LogP contribution in [0.2, 0.25) is 0 Å². The molecular formula is C11H16BrO4P. The van der Waals surface area contributed by atoms with Gasteiger partial charge in [-0.05, 0) is 31.5 Å². The first-order valence-corrected chi connectivity index (χ1v) is 7.63. The van der Waals surface area contributed by atoms with Gasteiger partial charge in [0.25, 0.3) is 0 Å². The van der Waals surface area contributed by atoms with Gasteiger partial charge >= 0.3 is 7.82 Å². The molecule has 0 unspecified atom stereocenters. The van der Waals surface area contributed by atoms with E-state index in [2.05, 4.69) is 15.9 Å². The molecule has 0 aromatic heterocycles. The highest BCUT2D eigenvalue weighted by Gasteiger charge is 2.25. The number of phosphoric acid groups is 1. The lowest BCUT2D eigenvalue weighted by molar-refractivity contribution is 0.116. The summed E-state index contributed by atoms with van der Waals surface area (Å²) in [6, 6.07) is 7.55. The Balaban J connectivity index is 2.57. The first-order valence-electron chi connectivity index (χ1n) is 5.37. The lowest BCUT2D eigenvalue weighted by atomic mass is 10.2. The Kier molecular flexibility index (Phi) is 6.38. The normalized spacial score (nSPS) is 11.7. The molecule has 0 saturated heterocycles. The summed E-state index contributed by atoms with van der Waals surface area (Å²) < 4.78 is 28.2. The number of hydrogen-bond acceptors (Lipinski definition) is 4. The molecule has 0 aliphatic heterocycles. The van der Waals surface area contributed by atoms with E-state index in [4.69, 9.17) is 13.6 Å². The molecule has 0 amide bonds. The Morgan fingerprint density at radius 3 is 2.06 bits per heavy atom. The molecule has 0 bridgehead atoms. The van der Waals surface area contributed by atoms with Crippen LogP contribution in [0.5, 0.6) is 0 Å². The molecule has 96 valence electrons. The first-order chi connectivity index (χ1) is 8.09. The van der Waals surface area contributed by atoms with Crippen LogP contribution in [0.25, 0.3) is 0 Å². The topological polar surface area (TPSA) is 44.8 Å². The lowest BCUT2D eigenvalue weighted by Crippen LogP contribution is -2.00. The number of hydrogen-bond donors (Lipinski definition) is 0. The van der Waals surface area contributed by atoms with Crippen LogP contribution in [-0.4, -0.2) is 13.2 Å². The van der Waals surface area contributed by atoms with Crippen molar-refractivity contribution in [2.45, 2.75) is 20.5 Å². The van der Waals surface area contributed by atoms with Crippen molar-refractivity contribution in [3.8, 4) is 0 Å². The molecule has 0 aliphatic rings. The molecule has 0 saturated carbocycles. The fourth-order valence-corrected chi connectivity index (χ4v) is 2.59. The molecule has 1 aromatic carbocycles. The van der Waals surface area contributed by atoms with Crippen molar-refractivity contribution in [2.24, 2.45) is 0 Å². The third-order valence-electron chi connectivity index (χ3n) is 1.88. The molecule has 0 N–H and O–H groups in total. The molecule has 1 aromatic rings. The Hall–Kier alpha value is -0.190. The van der Waals surface area contributed by atoms with Crippen LogP contribution in [0, 0.1) is 0 Å². The highest BCUT2D eigenvalue weighted by Crippen LogP contribution is 2.49. The summed E-state index contributed by atoms with van der Waals surface area (Å²) in [5, 5.41) is 0. The fraction of sp³-hybridized carbons (Fsp3) is 0.455. The van der Waals surface area contributed by atoms with Crippen molar-refractivity contribution in [1.29, 1.82) is 0 Å². The monoisotopic (exact) mass is 322 g/mol. The predicted molar refractivity (Wildman–Crippen MR) is 69.8 cm³/mol. The van der Waals surface area contributed by atoms with E-state index in [-0.39, 0.29) is 19.8 Å². The van der Waals surface area contributed by atoms with Gasteiger partial charge in [-0.25, -0.2) is 4.57 Å². The van der Waals surface area contributed by atoms with E-state index in [0.717, 1.165) is 10.0 Å². The molecule has 17 heavy (non-hydrogen) atoms. The average Bonchev–Trinajstić information content (AvgIpc) is 2.29. The third kappa shape index (κ3) is 5.32. The van der Waals surface area contributed by atoms with Crippen LogP contribution in [0.4, 0.5) is 0 Å². The minimum atomic E-state index is -3.41. The zero-order valence-electron chi connectivity index (χ0n) is 9.89. The van der Waals surface area contributed by atoms with Gasteiger partial charge in [0.2, 0.25) is 0 Å². The Morgan fingerprint density at radius 2 is 1.59 bits per heavy atom. The summed E-state index contributed by atoms with van der Waals surface area (Å²) in [5.74, 6) is 0. The molecule has 1 rings (SSSR count). The highest BCUT2D eigenvalue weighted by molar-refractivity contribution is 9.10. The number of phosphoric ester groups is 1. The molecule has 0 heterocycles. The molecular weight excluding hydrogens is 307 g/mol. The fourth-order valence-electron chi connectivity index (χ4n) is 1.16. The van der Waals surface area contributed by atoms with Crippen LogP contribution in [0.15, 0.2) is 28.7 Å². The van der Waals surface area contributed by atoms with Crippen LogP contribution < -0.4 is 0 Å². The van der Waals surface area contributed by atoms with Gasteiger partial charge in [0.05, 0.1) is 19.8 Å². The van der Waals surface area contributed by atoms with E-state index < -0.39 is 7.82 Å². The summed E-state index contributed by atoms with van der Waals surface area (Å²) in [6.07, 6.45) is 0. The molecule has 0 aliphatic carbocycles. The predicted octanol–water partition coefficient (Wildman–Crippen LogP) is 4.15. The van der Waals surface area contributed by atoms with Crippen LogP contribution in [-0.2, 0) is 24.7 Å². The second-order valence-corrected chi connectivity index (χ2v) is 5.77. The number of halogens is 1. The maximum absolute atomic E-state index is 12.0. The van der Waals surface area contributed by atoms with Gasteiger partial charge in [-0.15, -0.1) is 0 Å². The van der Waals surface area contributed by atoms with E-state index in [1.54, 1.807) is 13.8 Å². The molecule has 0 atom stereocenters. The Bertz CT molecular complexity index is 370. The van der Waals surface area contributed by atoms with Gasteiger partial charge in [0.15, 0.2) is 0 Å². The smallest absolute Gasteiger partial charge is 0.287 e. The quantitative estimate of drug-likeness (QED) is 0.707. The zero-order valence-corrected chi connectivity index (χ0v) is 12.4. The van der Waals surface area contributed by atoms with Crippen LogP contribution in [0.3, 0.4) is 0 Å². The SMILES string of the molecule is CCOP(=O)(OCC)OCc1ccc(Br)cc1. The highest BCUT2D eigenvalue weighted by atomic mass is 79.9. The molecule has 0 spiro atoms. The van der Waals surface area contributed by atoms with Crippen molar-refractivity contribution in [1.82, 2.24) is 0 Å². The van der Waals surface area contributed by atoms with E-state index in [1.165, 1.54) is 0 Å². The zero-order chi connectivity index (χ0) is 12.7. The van der Waals surface area contributed by atoms with Gasteiger partial charge in [0, 0.05) is 4.47 Å². The summed E-state index contributed by atoms with van der Waals surface area (Å²) in [6.45, 7) is 4.27. The average molecular weight is 323 g/mol. The van der Waals surface area contributed by atoms with Crippen molar-refractivity contribution in [3.05, 3.63) is 34.3 Å². The van der Waals surface area contributed by atoms with Crippen molar-refractivity contribution in [3.63, 3.8) is 0 Å². The molecule has 6 heteroatoms. The van der Waals surface area contributed by atoms with Gasteiger partial charge in [0.1, 0.15) is 0 Å². The van der Waals surface area contributed by atoms with E-state index in [9.17, 15) is 4.57 Å². The number of benzene rings is 1. The Labute approximate surface area is 110 Å². The van der Waals surface area contributed by atoms with Gasteiger partial charge in [-0.1, -0.05) is 28.1 Å². The van der Waals surface area contributed by atoms with Crippen molar-refractivity contribution in [2.75, 3.05) is 13.2 Å².